The van der Waals surface area contributed by atoms with Gasteiger partial charge in [0.1, 0.15) is 0 Å². The highest BCUT2D eigenvalue weighted by atomic mass is 32.2. The van der Waals surface area contributed by atoms with E-state index in [0.29, 0.717) is 12.1 Å². The molecule has 7 heteroatoms. The second-order valence-corrected chi connectivity index (χ2v) is 7.93. The second kappa shape index (κ2) is 8.33. The molecule has 0 spiro atoms. The highest BCUT2D eigenvalue weighted by molar-refractivity contribution is 7.89. The number of benzene rings is 2. The van der Waals surface area contributed by atoms with Crippen LogP contribution >= 0.6 is 0 Å². The standard InChI is InChI=1S/C19H24N2O4S/c1-4-13(2)21-26(24,25)16-10-11-18(17(12-16)19(22)23)20-14(3)15-8-6-5-7-9-15/h5-14,20-21H,4H2,1-3H3,(H,22,23)/t13-,14+/m1/s1. The van der Waals surface area contributed by atoms with Crippen LogP contribution in [0.5, 0.6) is 0 Å². The molecule has 0 saturated heterocycles. The maximum Gasteiger partial charge on any atom is 0.337 e. The Balaban J connectivity index is 2.33. The largest absolute Gasteiger partial charge is 0.478 e. The Bertz CT molecular complexity index is 866. The molecule has 0 heterocycles. The van der Waals surface area contributed by atoms with Gasteiger partial charge in [0, 0.05) is 17.8 Å². The smallest absolute Gasteiger partial charge is 0.337 e. The molecule has 0 radical (unpaired) electrons. The molecule has 0 aliphatic carbocycles. The van der Waals surface area contributed by atoms with Crippen LogP contribution in [0.1, 0.15) is 49.2 Å². The van der Waals surface area contributed by atoms with Crippen LogP contribution in [-0.4, -0.2) is 25.5 Å². The minimum Gasteiger partial charge on any atom is -0.478 e. The van der Waals surface area contributed by atoms with Crippen molar-refractivity contribution in [2.75, 3.05) is 5.32 Å². The summed E-state index contributed by atoms with van der Waals surface area (Å²) in [6.07, 6.45) is 0.638. The third-order valence-electron chi connectivity index (χ3n) is 4.17. The Hall–Kier alpha value is -2.38. The van der Waals surface area contributed by atoms with E-state index in [0.717, 1.165) is 5.56 Å². The van der Waals surface area contributed by atoms with E-state index >= 15 is 0 Å². The quantitative estimate of drug-likeness (QED) is 0.654. The van der Waals surface area contributed by atoms with Gasteiger partial charge in [-0.05, 0) is 44.0 Å². The number of carboxylic acids is 1. The molecule has 6 nitrogen and oxygen atoms in total. The Morgan fingerprint density at radius 3 is 2.35 bits per heavy atom. The average molecular weight is 376 g/mol. The van der Waals surface area contributed by atoms with Gasteiger partial charge in [0.15, 0.2) is 0 Å². The highest BCUT2D eigenvalue weighted by Crippen LogP contribution is 2.25. The molecular formula is C19H24N2O4S. The molecule has 0 unspecified atom stereocenters. The fourth-order valence-corrected chi connectivity index (χ4v) is 3.82. The summed E-state index contributed by atoms with van der Waals surface area (Å²) < 4.78 is 27.3. The molecule has 0 amide bonds. The van der Waals surface area contributed by atoms with Gasteiger partial charge in [0.05, 0.1) is 10.5 Å². The topological polar surface area (TPSA) is 95.5 Å². The van der Waals surface area contributed by atoms with Gasteiger partial charge in [-0.15, -0.1) is 0 Å². The van der Waals surface area contributed by atoms with Crippen molar-refractivity contribution < 1.29 is 18.3 Å². The Labute approximate surface area is 154 Å². The molecule has 0 fully saturated rings. The van der Waals surface area contributed by atoms with Gasteiger partial charge in [0.2, 0.25) is 10.0 Å². The van der Waals surface area contributed by atoms with Gasteiger partial charge in [-0.1, -0.05) is 37.3 Å². The van der Waals surface area contributed by atoms with E-state index in [-0.39, 0.29) is 22.5 Å². The van der Waals surface area contributed by atoms with Crippen LogP contribution in [0.3, 0.4) is 0 Å². The molecule has 3 N–H and O–H groups in total. The fraction of sp³-hybridized carbons (Fsp3) is 0.316. The van der Waals surface area contributed by atoms with E-state index in [1.54, 1.807) is 6.92 Å². The Kier molecular flexibility index (Phi) is 6.39. The molecule has 26 heavy (non-hydrogen) atoms. The number of carboxylic acid groups (broad SMARTS) is 1. The molecule has 2 rings (SSSR count). The van der Waals surface area contributed by atoms with Crippen molar-refractivity contribution in [3.8, 4) is 0 Å². The summed E-state index contributed by atoms with van der Waals surface area (Å²) in [7, 11) is -3.77. The molecular weight excluding hydrogens is 352 g/mol. The van der Waals surface area contributed by atoms with Gasteiger partial charge in [0.25, 0.3) is 0 Å². The first-order valence-electron chi connectivity index (χ1n) is 8.45. The highest BCUT2D eigenvalue weighted by Gasteiger charge is 2.21. The summed E-state index contributed by atoms with van der Waals surface area (Å²) in [6.45, 7) is 5.54. The van der Waals surface area contributed by atoms with Crippen LogP contribution in [0.4, 0.5) is 5.69 Å². The number of nitrogens with one attached hydrogen (secondary N) is 2. The van der Waals surface area contributed by atoms with Gasteiger partial charge < -0.3 is 10.4 Å². The molecule has 2 aromatic rings. The zero-order chi connectivity index (χ0) is 19.3. The number of sulfonamides is 1. The van der Waals surface area contributed by atoms with Crippen molar-refractivity contribution in [3.05, 3.63) is 59.7 Å². The van der Waals surface area contributed by atoms with Crippen molar-refractivity contribution >= 4 is 21.7 Å². The predicted molar refractivity (Wildman–Crippen MR) is 102 cm³/mol. The number of carbonyl (C=O) groups is 1. The summed E-state index contributed by atoms with van der Waals surface area (Å²) in [5, 5.41) is 12.7. The molecule has 2 atom stereocenters. The lowest BCUT2D eigenvalue weighted by Gasteiger charge is -2.18. The van der Waals surface area contributed by atoms with Crippen molar-refractivity contribution in [2.45, 2.75) is 44.2 Å². The minimum atomic E-state index is -3.77. The van der Waals surface area contributed by atoms with E-state index in [1.807, 2.05) is 44.2 Å². The summed E-state index contributed by atoms with van der Waals surface area (Å²) in [4.78, 5) is 11.6. The predicted octanol–water partition coefficient (Wildman–Crippen LogP) is 3.63. The number of hydrogen-bond acceptors (Lipinski definition) is 4. The first kappa shape index (κ1) is 19.9. The van der Waals surface area contributed by atoms with Crippen LogP contribution in [0.25, 0.3) is 0 Å². The molecule has 0 bridgehead atoms. The lowest BCUT2D eigenvalue weighted by atomic mass is 10.1. The van der Waals surface area contributed by atoms with Crippen molar-refractivity contribution in [1.82, 2.24) is 4.72 Å². The first-order valence-corrected chi connectivity index (χ1v) is 9.94. The van der Waals surface area contributed by atoms with E-state index in [1.165, 1.54) is 18.2 Å². The number of aromatic carboxylic acids is 1. The van der Waals surface area contributed by atoms with Gasteiger partial charge in [-0.3, -0.25) is 0 Å². The summed E-state index contributed by atoms with van der Waals surface area (Å²) in [5.74, 6) is -1.19. The summed E-state index contributed by atoms with van der Waals surface area (Å²) in [5.41, 5.74) is 1.29. The zero-order valence-corrected chi connectivity index (χ0v) is 15.9. The number of hydrogen-bond donors (Lipinski definition) is 3. The van der Waals surface area contributed by atoms with Crippen LogP contribution in [-0.2, 0) is 10.0 Å². The molecule has 0 saturated carbocycles. The molecule has 0 aliphatic rings. The Morgan fingerprint density at radius 1 is 1.12 bits per heavy atom. The monoisotopic (exact) mass is 376 g/mol. The van der Waals surface area contributed by atoms with Gasteiger partial charge >= 0.3 is 5.97 Å². The lowest BCUT2D eigenvalue weighted by Crippen LogP contribution is -2.32. The van der Waals surface area contributed by atoms with Gasteiger partial charge in [-0.25, -0.2) is 17.9 Å². The first-order chi connectivity index (χ1) is 12.2. The van der Waals surface area contributed by atoms with Crippen LogP contribution in [0.2, 0.25) is 0 Å². The SMILES string of the molecule is CC[C@@H](C)NS(=O)(=O)c1ccc(N[C@@H](C)c2ccccc2)c(C(=O)O)c1. The van der Waals surface area contributed by atoms with E-state index in [2.05, 4.69) is 10.0 Å². The third-order valence-corrected chi connectivity index (χ3v) is 5.76. The molecule has 2 aromatic carbocycles. The second-order valence-electron chi connectivity index (χ2n) is 6.22. The lowest BCUT2D eigenvalue weighted by molar-refractivity contribution is 0.0697. The van der Waals surface area contributed by atoms with Crippen LogP contribution in [0, 0.1) is 0 Å². The van der Waals surface area contributed by atoms with E-state index < -0.39 is 16.0 Å². The maximum atomic E-state index is 12.4. The van der Waals surface area contributed by atoms with Crippen LogP contribution in [0.15, 0.2) is 53.4 Å². The van der Waals surface area contributed by atoms with Crippen molar-refractivity contribution in [1.29, 1.82) is 0 Å². The minimum absolute atomic E-state index is 0.0619. The molecule has 140 valence electrons. The van der Waals surface area contributed by atoms with Crippen molar-refractivity contribution in [2.24, 2.45) is 0 Å². The van der Waals surface area contributed by atoms with Crippen molar-refractivity contribution in [3.63, 3.8) is 0 Å². The number of rotatable bonds is 8. The third kappa shape index (κ3) is 4.83. The fourth-order valence-electron chi connectivity index (χ4n) is 2.47. The maximum absolute atomic E-state index is 12.4. The zero-order valence-electron chi connectivity index (χ0n) is 15.1. The van der Waals surface area contributed by atoms with E-state index in [9.17, 15) is 18.3 Å². The van der Waals surface area contributed by atoms with E-state index in [4.69, 9.17) is 0 Å². The Morgan fingerprint density at radius 2 is 1.77 bits per heavy atom. The number of anilines is 1. The van der Waals surface area contributed by atoms with Crippen LogP contribution < -0.4 is 10.0 Å². The van der Waals surface area contributed by atoms with Gasteiger partial charge in [-0.2, -0.15) is 0 Å². The summed E-state index contributed by atoms with van der Waals surface area (Å²) in [6, 6.07) is 13.3. The molecule has 0 aromatic heterocycles. The average Bonchev–Trinajstić information content (AvgIpc) is 2.61. The molecule has 0 aliphatic heterocycles. The normalized spacial score (nSPS) is 13.8. The summed E-state index contributed by atoms with van der Waals surface area (Å²) >= 11 is 0.